The molecule has 1 saturated heterocycles. The number of rotatable bonds is 7. The van der Waals surface area contributed by atoms with E-state index in [9.17, 15) is 9.59 Å². The first-order valence-corrected chi connectivity index (χ1v) is 10.3. The monoisotopic (exact) mass is 448 g/mol. The summed E-state index contributed by atoms with van der Waals surface area (Å²) < 4.78 is 11.6. The molecule has 158 valence electrons. The zero-order valence-electron chi connectivity index (χ0n) is 16.9. The van der Waals surface area contributed by atoms with Crippen LogP contribution in [0, 0.1) is 0 Å². The molecule has 30 heavy (non-hydrogen) atoms. The zero-order valence-corrected chi connectivity index (χ0v) is 18.4. The number of urea groups is 1. The van der Waals surface area contributed by atoms with Gasteiger partial charge in [-0.3, -0.25) is 4.79 Å². The van der Waals surface area contributed by atoms with Crippen molar-refractivity contribution in [1.82, 2.24) is 5.32 Å². The maximum atomic E-state index is 12.8. The van der Waals surface area contributed by atoms with E-state index in [1.165, 1.54) is 0 Å². The molecule has 0 aromatic heterocycles. The van der Waals surface area contributed by atoms with Crippen LogP contribution >= 0.6 is 23.2 Å². The van der Waals surface area contributed by atoms with Crippen LogP contribution in [0.5, 0.6) is 11.5 Å². The van der Waals surface area contributed by atoms with Crippen LogP contribution in [0.15, 0.2) is 42.1 Å². The lowest BCUT2D eigenvalue weighted by Gasteiger charge is -2.18. The molecule has 0 aliphatic carbocycles. The van der Waals surface area contributed by atoms with Gasteiger partial charge in [-0.15, -0.1) is 0 Å². The van der Waals surface area contributed by atoms with Crippen molar-refractivity contribution in [2.75, 3.05) is 11.5 Å². The molecule has 1 atom stereocenters. The minimum Gasteiger partial charge on any atom is -0.490 e. The third-order valence-electron chi connectivity index (χ3n) is 4.50. The van der Waals surface area contributed by atoms with E-state index in [0.29, 0.717) is 39.4 Å². The van der Waals surface area contributed by atoms with E-state index < -0.39 is 11.9 Å². The fraction of sp³-hybridized carbons (Fsp3) is 0.273. The quantitative estimate of drug-likeness (QED) is 0.437. The first-order valence-electron chi connectivity index (χ1n) is 9.59. The molecule has 0 saturated carbocycles. The molecular weight excluding hydrogens is 427 g/mol. The van der Waals surface area contributed by atoms with Crippen LogP contribution in [0.3, 0.4) is 0 Å². The number of hydrogen-bond acceptors (Lipinski definition) is 4. The van der Waals surface area contributed by atoms with E-state index in [0.717, 1.165) is 11.3 Å². The Bertz CT molecular complexity index is 989. The first-order chi connectivity index (χ1) is 14.3. The van der Waals surface area contributed by atoms with Crippen LogP contribution < -0.4 is 19.7 Å². The lowest BCUT2D eigenvalue weighted by molar-refractivity contribution is -0.113. The molecule has 1 aliphatic heterocycles. The van der Waals surface area contributed by atoms with Crippen molar-refractivity contribution in [1.29, 1.82) is 0 Å². The number of benzene rings is 2. The van der Waals surface area contributed by atoms with Crippen LogP contribution in [-0.2, 0) is 4.79 Å². The average molecular weight is 449 g/mol. The van der Waals surface area contributed by atoms with Gasteiger partial charge in [0.05, 0.1) is 23.4 Å². The Hall–Kier alpha value is -2.70. The Morgan fingerprint density at radius 3 is 2.47 bits per heavy atom. The van der Waals surface area contributed by atoms with E-state index in [2.05, 4.69) is 5.32 Å². The predicted octanol–water partition coefficient (Wildman–Crippen LogP) is 5.67. The van der Waals surface area contributed by atoms with E-state index in [1.54, 1.807) is 42.5 Å². The Morgan fingerprint density at radius 2 is 1.83 bits per heavy atom. The number of imide groups is 1. The summed E-state index contributed by atoms with van der Waals surface area (Å²) in [7, 11) is 0. The molecule has 0 unspecified atom stereocenters. The van der Waals surface area contributed by atoms with Gasteiger partial charge in [0, 0.05) is 5.02 Å². The molecule has 0 radical (unpaired) electrons. The summed E-state index contributed by atoms with van der Waals surface area (Å²) in [5, 5.41) is 3.47. The van der Waals surface area contributed by atoms with Crippen molar-refractivity contribution in [3.63, 3.8) is 0 Å². The summed E-state index contributed by atoms with van der Waals surface area (Å²) in [4.78, 5) is 26.2. The van der Waals surface area contributed by atoms with E-state index in [-0.39, 0.29) is 11.8 Å². The third-order valence-corrected chi connectivity index (χ3v) is 5.03. The summed E-state index contributed by atoms with van der Waals surface area (Å²) >= 11 is 12.3. The van der Waals surface area contributed by atoms with Gasteiger partial charge in [-0.2, -0.15) is 0 Å². The van der Waals surface area contributed by atoms with Crippen molar-refractivity contribution < 1.29 is 19.1 Å². The number of carbonyl (C=O) groups excluding carboxylic acids is 2. The Kier molecular flexibility index (Phi) is 6.90. The Balaban J connectivity index is 1.93. The lowest BCUT2D eigenvalue weighted by atomic mass is 10.1. The van der Waals surface area contributed by atoms with Crippen molar-refractivity contribution in [2.45, 2.75) is 33.3 Å². The molecule has 6 nitrogen and oxygen atoms in total. The highest BCUT2D eigenvalue weighted by molar-refractivity contribution is 6.33. The van der Waals surface area contributed by atoms with Gasteiger partial charge in [-0.1, -0.05) is 30.1 Å². The third kappa shape index (κ3) is 4.71. The molecule has 1 aliphatic rings. The molecule has 8 heteroatoms. The predicted molar refractivity (Wildman–Crippen MR) is 118 cm³/mol. The Labute approximate surface area is 185 Å². The topological polar surface area (TPSA) is 67.9 Å². The standard InChI is InChI=1S/C22H22Cl2N2O4/c1-4-13(3)30-20-17(24)10-14(12-19(20)29-5-2)11-18-21(27)26(22(28)25-18)16-8-6-15(23)7-9-16/h6-13H,4-5H2,1-3H3,(H,25,28)/b18-11+/t13-/m1/s1. The maximum Gasteiger partial charge on any atom is 0.333 e. The van der Waals surface area contributed by atoms with Gasteiger partial charge in [-0.25, -0.2) is 9.69 Å². The summed E-state index contributed by atoms with van der Waals surface area (Å²) in [6.45, 7) is 6.24. The van der Waals surface area contributed by atoms with Gasteiger partial charge in [0.15, 0.2) is 11.5 Å². The van der Waals surface area contributed by atoms with Gasteiger partial charge >= 0.3 is 6.03 Å². The van der Waals surface area contributed by atoms with Crippen molar-refractivity contribution in [3.05, 3.63) is 57.7 Å². The van der Waals surface area contributed by atoms with Crippen molar-refractivity contribution >= 4 is 46.9 Å². The van der Waals surface area contributed by atoms with Gasteiger partial charge in [0.1, 0.15) is 5.70 Å². The summed E-state index contributed by atoms with van der Waals surface area (Å²) in [6.07, 6.45) is 2.33. The molecule has 2 aromatic rings. The smallest absolute Gasteiger partial charge is 0.333 e. The van der Waals surface area contributed by atoms with Gasteiger partial charge in [-0.05, 0) is 68.3 Å². The molecular formula is C22H22Cl2N2O4. The van der Waals surface area contributed by atoms with Gasteiger partial charge in [0.25, 0.3) is 5.91 Å². The largest absolute Gasteiger partial charge is 0.490 e. The highest BCUT2D eigenvalue weighted by atomic mass is 35.5. The fourth-order valence-corrected chi connectivity index (χ4v) is 3.25. The van der Waals surface area contributed by atoms with Crippen LogP contribution in [0.25, 0.3) is 6.08 Å². The number of hydrogen-bond donors (Lipinski definition) is 1. The second kappa shape index (κ2) is 9.41. The number of nitrogens with zero attached hydrogens (tertiary/aromatic N) is 1. The highest BCUT2D eigenvalue weighted by Crippen LogP contribution is 2.38. The molecule has 0 bridgehead atoms. The summed E-state index contributed by atoms with van der Waals surface area (Å²) in [5.41, 5.74) is 1.15. The van der Waals surface area contributed by atoms with E-state index in [4.69, 9.17) is 32.7 Å². The number of carbonyl (C=O) groups is 2. The fourth-order valence-electron chi connectivity index (χ4n) is 2.86. The highest BCUT2D eigenvalue weighted by Gasteiger charge is 2.34. The second-order valence-corrected chi connectivity index (χ2v) is 7.55. The average Bonchev–Trinajstić information content (AvgIpc) is 2.98. The van der Waals surface area contributed by atoms with Crippen LogP contribution in [-0.4, -0.2) is 24.6 Å². The van der Waals surface area contributed by atoms with Crippen LogP contribution in [0.2, 0.25) is 10.0 Å². The second-order valence-electron chi connectivity index (χ2n) is 6.70. The molecule has 1 fully saturated rings. The first kappa shape index (κ1) is 22.0. The normalized spacial score (nSPS) is 16.0. The molecule has 2 aromatic carbocycles. The molecule has 3 rings (SSSR count). The molecule has 3 amide bonds. The Morgan fingerprint density at radius 1 is 1.13 bits per heavy atom. The SMILES string of the molecule is CCOc1cc(/C=C2/NC(=O)N(c3ccc(Cl)cc3)C2=O)cc(Cl)c1O[C@H](C)CC. The zero-order chi connectivity index (χ0) is 21.8. The number of amides is 3. The number of halogens is 2. The minimum atomic E-state index is -0.540. The van der Waals surface area contributed by atoms with Crippen LogP contribution in [0.1, 0.15) is 32.8 Å². The van der Waals surface area contributed by atoms with E-state index in [1.807, 2.05) is 20.8 Å². The molecule has 1 heterocycles. The van der Waals surface area contributed by atoms with Gasteiger partial charge in [0.2, 0.25) is 0 Å². The summed E-state index contributed by atoms with van der Waals surface area (Å²) in [5.74, 6) is 0.458. The van der Waals surface area contributed by atoms with Crippen LogP contribution in [0.4, 0.5) is 10.5 Å². The molecule has 1 N–H and O–H groups in total. The van der Waals surface area contributed by atoms with E-state index >= 15 is 0 Å². The summed E-state index contributed by atoms with van der Waals surface area (Å²) in [6, 6.07) is 9.29. The van der Waals surface area contributed by atoms with Crippen molar-refractivity contribution in [3.8, 4) is 11.5 Å². The number of anilines is 1. The number of nitrogens with one attached hydrogen (secondary N) is 1. The van der Waals surface area contributed by atoms with Crippen molar-refractivity contribution in [2.24, 2.45) is 0 Å². The minimum absolute atomic E-state index is 0.0328. The lowest BCUT2D eigenvalue weighted by Crippen LogP contribution is -2.30. The molecule has 0 spiro atoms. The maximum absolute atomic E-state index is 12.8. The number of ether oxygens (including phenoxy) is 2. The van der Waals surface area contributed by atoms with Gasteiger partial charge < -0.3 is 14.8 Å².